The van der Waals surface area contributed by atoms with E-state index in [1.807, 2.05) is 0 Å². The van der Waals surface area contributed by atoms with Gasteiger partial charge in [0.2, 0.25) is 0 Å². The van der Waals surface area contributed by atoms with Crippen molar-refractivity contribution in [3.8, 4) is 12.1 Å². The average molecular weight is 247 g/mol. The second-order valence-corrected chi connectivity index (χ2v) is 3.46. The first kappa shape index (κ1) is 21.1. The molecule has 0 aliphatic carbocycles. The van der Waals surface area contributed by atoms with Gasteiger partial charge in [-0.2, -0.15) is 10.5 Å². The van der Waals surface area contributed by atoms with Crippen molar-refractivity contribution >= 4 is 0 Å². The van der Waals surface area contributed by atoms with Gasteiger partial charge in [-0.25, -0.2) is 0 Å². The third-order valence-corrected chi connectivity index (χ3v) is 1.43. The normalized spacial score (nSPS) is 15.8. The summed E-state index contributed by atoms with van der Waals surface area (Å²) >= 11 is 0. The van der Waals surface area contributed by atoms with Crippen molar-refractivity contribution in [1.29, 1.82) is 10.5 Å². The van der Waals surface area contributed by atoms with Crippen molar-refractivity contribution in [3.05, 3.63) is 0 Å². The van der Waals surface area contributed by atoms with Crippen LogP contribution in [-0.4, -0.2) is 44.8 Å². The van der Waals surface area contributed by atoms with Gasteiger partial charge in [-0.15, -0.1) is 0 Å². The molecule has 0 amide bonds. The first-order chi connectivity index (χ1) is 7.33. The highest BCUT2D eigenvalue weighted by molar-refractivity contribution is 4.83. The maximum atomic E-state index is 8.54. The Bertz CT molecular complexity index is 219. The maximum absolute atomic E-state index is 8.54. The second-order valence-electron chi connectivity index (χ2n) is 3.46. The first-order valence-electron chi connectivity index (χ1n) is 4.85. The molecule has 0 aromatic heterocycles. The third kappa shape index (κ3) is 20.8. The summed E-state index contributed by atoms with van der Waals surface area (Å²) in [6.45, 7) is 3.06. The van der Waals surface area contributed by atoms with Gasteiger partial charge in [0, 0.05) is 12.8 Å². The van der Waals surface area contributed by atoms with Crippen LogP contribution in [0, 0.1) is 22.7 Å². The zero-order valence-electron chi connectivity index (χ0n) is 10.1. The summed E-state index contributed by atoms with van der Waals surface area (Å²) < 4.78 is 0. The lowest BCUT2D eigenvalue weighted by atomic mass is 10.2. The molecule has 17 heavy (non-hydrogen) atoms. The lowest BCUT2D eigenvalue weighted by Crippen LogP contribution is -2.11. The summed E-state index contributed by atoms with van der Waals surface area (Å²) in [6, 6.07) is 3.18. The molecule has 0 saturated carbocycles. The van der Waals surface area contributed by atoms with Crippen molar-refractivity contribution in [2.45, 2.75) is 51.1 Å². The molecule has 0 fully saturated rings. The Morgan fingerprint density at radius 2 is 1.06 bits per heavy atom. The van der Waals surface area contributed by atoms with Crippen molar-refractivity contribution in [3.63, 3.8) is 0 Å². The summed E-state index contributed by atoms with van der Waals surface area (Å²) in [6.07, 6.45) is -2.95. The summed E-state index contributed by atoms with van der Waals surface area (Å²) in [7, 11) is 0. The molecule has 0 heterocycles. The number of hydrogen-bond acceptors (Lipinski definition) is 7. The Hall–Kier alpha value is -1.22. The zero-order valence-corrected chi connectivity index (χ0v) is 10.1. The van der Waals surface area contributed by atoms with Crippen LogP contribution in [0.5, 0.6) is 0 Å². The number of aliphatic hydroxyl groups is 4. The molecule has 0 bridgehead atoms. The fraction of sp³-hybridized carbons (Fsp3) is 0.800. The average Bonchev–Trinajstić information content (AvgIpc) is 2.16. The van der Waals surface area contributed by atoms with E-state index in [0.717, 1.165) is 0 Å². The lowest BCUT2D eigenvalue weighted by Gasteiger charge is -2.01. The molecule has 4 unspecified atom stereocenters. The van der Waals surface area contributed by atoms with Gasteiger partial charge in [0.15, 0.2) is 0 Å². The number of hydrogen-bond donors (Lipinski definition) is 5. The molecule has 0 saturated heterocycles. The molecule has 7 N–H and O–H groups in total. The molecular weight excluding hydrogens is 226 g/mol. The largest absolute Gasteiger partial charge is 0.393 e. The van der Waals surface area contributed by atoms with Crippen LogP contribution in [0.25, 0.3) is 0 Å². The fourth-order valence-corrected chi connectivity index (χ4v) is 0.752. The fourth-order valence-electron chi connectivity index (χ4n) is 0.752. The first-order valence-corrected chi connectivity index (χ1v) is 4.85. The van der Waals surface area contributed by atoms with E-state index < -0.39 is 24.4 Å². The van der Waals surface area contributed by atoms with Crippen LogP contribution in [0.4, 0.5) is 0 Å². The molecule has 0 aromatic carbocycles. The Labute approximate surface area is 101 Å². The lowest BCUT2D eigenvalue weighted by molar-refractivity contribution is 0.119. The predicted octanol–water partition coefficient (Wildman–Crippen LogP) is -0.554. The van der Waals surface area contributed by atoms with Crippen LogP contribution in [-0.2, 0) is 0 Å². The quantitative estimate of drug-likeness (QED) is 0.415. The number of rotatable bonds is 4. The highest BCUT2D eigenvalue weighted by Crippen LogP contribution is 1.94. The molecule has 4 atom stereocenters. The van der Waals surface area contributed by atoms with Crippen LogP contribution >= 0.6 is 0 Å². The second kappa shape index (κ2) is 12.8. The van der Waals surface area contributed by atoms with Gasteiger partial charge in [0.1, 0.15) is 12.2 Å². The van der Waals surface area contributed by atoms with E-state index in [4.69, 9.17) is 30.9 Å². The van der Waals surface area contributed by atoms with Gasteiger partial charge in [-0.1, -0.05) is 0 Å². The van der Waals surface area contributed by atoms with Crippen LogP contribution in [0.3, 0.4) is 0 Å². The Balaban J connectivity index is -0.000000218. The smallest absolute Gasteiger partial charge is 0.142 e. The van der Waals surface area contributed by atoms with Crippen molar-refractivity contribution in [1.82, 2.24) is 6.15 Å². The third-order valence-electron chi connectivity index (χ3n) is 1.43. The highest BCUT2D eigenvalue weighted by Gasteiger charge is 2.04. The number of nitriles is 2. The number of aliphatic hydroxyl groups excluding tert-OH is 4. The van der Waals surface area contributed by atoms with Gasteiger partial charge < -0.3 is 26.6 Å². The molecular formula is C10H21N3O4. The van der Waals surface area contributed by atoms with Gasteiger partial charge in [-0.3, -0.25) is 0 Å². The van der Waals surface area contributed by atoms with E-state index in [1.165, 1.54) is 13.8 Å². The van der Waals surface area contributed by atoms with Gasteiger partial charge in [-0.05, 0) is 13.8 Å². The minimum absolute atomic E-state index is 0. The van der Waals surface area contributed by atoms with E-state index in [1.54, 1.807) is 12.1 Å². The number of nitrogens with zero attached hydrogens (tertiary/aromatic N) is 2. The van der Waals surface area contributed by atoms with Crippen LogP contribution in [0.2, 0.25) is 0 Å². The molecule has 7 heteroatoms. The molecule has 0 aromatic rings. The van der Waals surface area contributed by atoms with Gasteiger partial charge in [0.05, 0.1) is 24.3 Å². The molecule has 0 aliphatic rings. The van der Waals surface area contributed by atoms with Gasteiger partial charge in [0.25, 0.3) is 0 Å². The molecule has 0 spiro atoms. The SMILES string of the molecule is CC(O)CC(O)C#N.CC(O)CC(O)C#N.N. The minimum atomic E-state index is -1.02. The Morgan fingerprint density at radius 3 is 1.12 bits per heavy atom. The summed E-state index contributed by atoms with van der Waals surface area (Å²) in [4.78, 5) is 0. The van der Waals surface area contributed by atoms with Crippen molar-refractivity contribution in [2.24, 2.45) is 0 Å². The Morgan fingerprint density at radius 1 is 0.824 bits per heavy atom. The van der Waals surface area contributed by atoms with Crippen molar-refractivity contribution < 1.29 is 20.4 Å². The molecule has 0 radical (unpaired) electrons. The molecule has 7 nitrogen and oxygen atoms in total. The van der Waals surface area contributed by atoms with Gasteiger partial charge >= 0.3 is 0 Å². The van der Waals surface area contributed by atoms with E-state index in [9.17, 15) is 0 Å². The van der Waals surface area contributed by atoms with Crippen LogP contribution < -0.4 is 6.15 Å². The summed E-state index contributed by atoms with van der Waals surface area (Å²) in [5, 5.41) is 50.0. The standard InChI is InChI=1S/2C5H9NO2.H3N/c2*1-4(7)2-5(8)3-6;/h2*4-5,7-8H,2H2,1H3;1H3. The minimum Gasteiger partial charge on any atom is -0.393 e. The van der Waals surface area contributed by atoms with Crippen molar-refractivity contribution in [2.75, 3.05) is 0 Å². The molecule has 0 rings (SSSR count). The molecule has 0 aliphatic heterocycles. The summed E-state index contributed by atoms with van der Waals surface area (Å²) in [5.74, 6) is 0. The topological polar surface area (TPSA) is 164 Å². The molecule has 100 valence electrons. The zero-order chi connectivity index (χ0) is 13.1. The van der Waals surface area contributed by atoms with Crippen LogP contribution in [0.1, 0.15) is 26.7 Å². The highest BCUT2D eigenvalue weighted by atomic mass is 16.3. The predicted molar refractivity (Wildman–Crippen MR) is 60.9 cm³/mol. The van der Waals surface area contributed by atoms with E-state index >= 15 is 0 Å². The summed E-state index contributed by atoms with van der Waals surface area (Å²) in [5.41, 5.74) is 0. The van der Waals surface area contributed by atoms with E-state index in [2.05, 4.69) is 0 Å². The monoisotopic (exact) mass is 247 g/mol. The van der Waals surface area contributed by atoms with E-state index in [-0.39, 0.29) is 19.0 Å². The Kier molecular flexibility index (Phi) is 16.0. The van der Waals surface area contributed by atoms with E-state index in [0.29, 0.717) is 0 Å². The van der Waals surface area contributed by atoms with Crippen LogP contribution in [0.15, 0.2) is 0 Å². The maximum Gasteiger partial charge on any atom is 0.142 e.